The second-order valence-corrected chi connectivity index (χ2v) is 14.5. The Balaban J connectivity index is 2.07. The summed E-state index contributed by atoms with van der Waals surface area (Å²) in [6.07, 6.45) is 3.43. The highest BCUT2D eigenvalue weighted by atomic mass is 79.9. The molecule has 9 heteroatoms. The number of hydrogen-bond donors (Lipinski definition) is 1. The number of nitrogens with two attached hydrogens (primary N) is 1. The molecule has 0 bridgehead atoms. The van der Waals surface area contributed by atoms with E-state index in [-0.39, 0.29) is 5.28 Å². The summed E-state index contributed by atoms with van der Waals surface area (Å²) in [7, 11) is -1.17. The molecule has 0 atom stereocenters. The molecule has 146 valence electrons. The van der Waals surface area contributed by atoms with Crippen molar-refractivity contribution >= 4 is 52.2 Å². The van der Waals surface area contributed by atoms with Gasteiger partial charge in [-0.25, -0.2) is 9.97 Å². The van der Waals surface area contributed by atoms with Gasteiger partial charge in [0.15, 0.2) is 0 Å². The van der Waals surface area contributed by atoms with Gasteiger partial charge in [0.25, 0.3) is 0 Å². The van der Waals surface area contributed by atoms with E-state index in [0.717, 1.165) is 22.5 Å². The van der Waals surface area contributed by atoms with Gasteiger partial charge in [0.05, 0.1) is 27.4 Å². The zero-order valence-electron chi connectivity index (χ0n) is 16.0. The van der Waals surface area contributed by atoms with E-state index in [1.807, 2.05) is 16.8 Å². The summed E-state index contributed by atoms with van der Waals surface area (Å²) in [6.45, 7) is 8.01. The maximum atomic E-state index is 9.40. The van der Waals surface area contributed by atoms with Gasteiger partial charge in [0.1, 0.15) is 18.5 Å². The van der Waals surface area contributed by atoms with Gasteiger partial charge in [-0.05, 0) is 39.6 Å². The van der Waals surface area contributed by atoms with Gasteiger partial charge in [-0.1, -0.05) is 25.7 Å². The minimum Gasteiger partial charge on any atom is -0.396 e. The van der Waals surface area contributed by atoms with Gasteiger partial charge in [0.2, 0.25) is 5.28 Å². The highest BCUT2D eigenvalue weighted by Crippen LogP contribution is 2.37. The molecule has 0 saturated carbocycles. The summed E-state index contributed by atoms with van der Waals surface area (Å²) >= 11 is 9.56. The summed E-state index contributed by atoms with van der Waals surface area (Å²) in [6, 6.07) is 6.95. The molecule has 0 spiro atoms. The molecule has 2 heterocycles. The third kappa shape index (κ3) is 4.38. The normalized spacial score (nSPS) is 11.7. The average molecular weight is 479 g/mol. The number of nitrogen functional groups attached to an aromatic ring is 1. The summed E-state index contributed by atoms with van der Waals surface area (Å²) in [5, 5.41) is 10.4. The monoisotopic (exact) mass is 477 g/mol. The van der Waals surface area contributed by atoms with Crippen LogP contribution >= 0.6 is 27.5 Å². The molecule has 0 saturated heterocycles. The molecular formula is C19H21BrClN5OSi. The Hall–Kier alpha value is -1.92. The van der Waals surface area contributed by atoms with Crippen LogP contribution in [0.5, 0.6) is 0 Å². The lowest BCUT2D eigenvalue weighted by molar-refractivity contribution is 0.0902. The van der Waals surface area contributed by atoms with Gasteiger partial charge < -0.3 is 15.0 Å². The highest BCUT2D eigenvalue weighted by molar-refractivity contribution is 9.10. The van der Waals surface area contributed by atoms with Crippen LogP contribution in [0.15, 0.2) is 29.0 Å². The number of fused-ring (bicyclic) bond motifs is 1. The molecule has 3 rings (SSSR count). The number of benzene rings is 1. The molecule has 2 N–H and O–H groups in total. The van der Waals surface area contributed by atoms with Gasteiger partial charge in [0, 0.05) is 31.8 Å². The van der Waals surface area contributed by atoms with E-state index in [0.29, 0.717) is 34.8 Å². The summed E-state index contributed by atoms with van der Waals surface area (Å²) in [5.74, 6) is 0. The van der Waals surface area contributed by atoms with Crippen LogP contribution in [0, 0.1) is 11.3 Å². The molecule has 6 nitrogen and oxygen atoms in total. The Morgan fingerprint density at radius 1 is 1.36 bits per heavy atom. The molecule has 0 aliphatic rings. The quantitative estimate of drug-likeness (QED) is 0.296. The van der Waals surface area contributed by atoms with E-state index in [1.165, 1.54) is 6.20 Å². The van der Waals surface area contributed by atoms with Crippen LogP contribution in [-0.2, 0) is 11.5 Å². The molecule has 0 radical (unpaired) electrons. The molecule has 28 heavy (non-hydrogen) atoms. The average Bonchev–Trinajstić information content (AvgIpc) is 3.00. The van der Waals surface area contributed by atoms with Gasteiger partial charge in [-0.3, -0.25) is 0 Å². The minimum absolute atomic E-state index is 0.129. The lowest BCUT2D eigenvalue weighted by Crippen LogP contribution is -2.22. The van der Waals surface area contributed by atoms with Crippen LogP contribution in [0.2, 0.25) is 31.0 Å². The second kappa shape index (κ2) is 8.21. The molecule has 0 fully saturated rings. The number of anilines is 1. The van der Waals surface area contributed by atoms with Crippen molar-refractivity contribution in [3.63, 3.8) is 0 Å². The molecule has 0 amide bonds. The van der Waals surface area contributed by atoms with Crippen molar-refractivity contribution in [2.24, 2.45) is 0 Å². The largest absolute Gasteiger partial charge is 0.396 e. The number of aromatic nitrogens is 3. The fourth-order valence-corrected chi connectivity index (χ4v) is 4.41. The molecule has 3 aromatic rings. The Labute approximate surface area is 178 Å². The van der Waals surface area contributed by atoms with Crippen molar-refractivity contribution in [3.05, 3.63) is 39.8 Å². The smallest absolute Gasteiger partial charge is 0.223 e. The summed E-state index contributed by atoms with van der Waals surface area (Å²) < 4.78 is 8.62. The zero-order chi connectivity index (χ0) is 20.5. The predicted octanol–water partition coefficient (Wildman–Crippen LogP) is 5.28. The summed E-state index contributed by atoms with van der Waals surface area (Å²) in [5.41, 5.74) is 9.32. The number of halogens is 2. The van der Waals surface area contributed by atoms with E-state index in [4.69, 9.17) is 22.1 Å². The third-order valence-corrected chi connectivity index (χ3v) is 7.06. The maximum absolute atomic E-state index is 9.40. The van der Waals surface area contributed by atoms with Gasteiger partial charge in [-0.2, -0.15) is 5.26 Å². The van der Waals surface area contributed by atoms with Crippen LogP contribution in [0.3, 0.4) is 0 Å². The van der Waals surface area contributed by atoms with E-state index in [2.05, 4.69) is 51.6 Å². The minimum atomic E-state index is -1.17. The molecular weight excluding hydrogens is 458 g/mol. The number of nitrogens with zero attached hydrogens (tertiary/aromatic N) is 4. The van der Waals surface area contributed by atoms with E-state index in [1.54, 1.807) is 6.07 Å². The molecule has 0 aliphatic heterocycles. The van der Waals surface area contributed by atoms with Crippen molar-refractivity contribution in [1.82, 2.24) is 14.5 Å². The van der Waals surface area contributed by atoms with Crippen molar-refractivity contribution in [2.45, 2.75) is 32.4 Å². The van der Waals surface area contributed by atoms with Crippen LogP contribution in [0.25, 0.3) is 22.2 Å². The predicted molar refractivity (Wildman–Crippen MR) is 119 cm³/mol. The topological polar surface area (TPSA) is 89.8 Å². The van der Waals surface area contributed by atoms with Crippen molar-refractivity contribution in [2.75, 3.05) is 12.3 Å². The van der Waals surface area contributed by atoms with Crippen LogP contribution in [0.4, 0.5) is 5.69 Å². The number of rotatable bonds is 6. The molecule has 1 aromatic carbocycles. The van der Waals surface area contributed by atoms with Gasteiger partial charge in [-0.15, -0.1) is 0 Å². The fourth-order valence-electron chi connectivity index (χ4n) is 2.86. The first-order chi connectivity index (χ1) is 13.2. The standard InChI is InChI=1S/C19H21BrClN5OSi/c1-28(2,3)7-6-27-11-26-10-14(17-15(23)9-24-19(21)25-17)13-5-4-12(8-22)16(20)18(13)26/h4-5,9-10H,6-7,11,23H2,1-3H3. The summed E-state index contributed by atoms with van der Waals surface area (Å²) in [4.78, 5) is 8.24. The molecule has 0 unspecified atom stereocenters. The maximum Gasteiger partial charge on any atom is 0.223 e. The van der Waals surface area contributed by atoms with E-state index < -0.39 is 8.07 Å². The first-order valence-corrected chi connectivity index (χ1v) is 13.7. The number of hydrogen-bond acceptors (Lipinski definition) is 5. The molecule has 0 aliphatic carbocycles. The van der Waals surface area contributed by atoms with Crippen LogP contribution in [-0.4, -0.2) is 29.2 Å². The van der Waals surface area contributed by atoms with Crippen LogP contribution in [0.1, 0.15) is 5.56 Å². The highest BCUT2D eigenvalue weighted by Gasteiger charge is 2.19. The van der Waals surface area contributed by atoms with E-state index >= 15 is 0 Å². The fraction of sp³-hybridized carbons (Fsp3) is 0.316. The Bertz CT molecular complexity index is 1070. The third-order valence-electron chi connectivity index (χ3n) is 4.37. The lowest BCUT2D eigenvalue weighted by atomic mass is 10.1. The SMILES string of the molecule is C[Si](C)(C)CCOCn1cc(-c2nc(Cl)ncc2N)c2ccc(C#N)c(Br)c21. The number of ether oxygens (including phenoxy) is 1. The Kier molecular flexibility index (Phi) is 6.10. The number of nitriles is 1. The molecule has 2 aromatic heterocycles. The second-order valence-electron chi connectivity index (χ2n) is 7.74. The van der Waals surface area contributed by atoms with E-state index in [9.17, 15) is 5.26 Å². The van der Waals surface area contributed by atoms with Crippen molar-refractivity contribution in [1.29, 1.82) is 5.26 Å². The van der Waals surface area contributed by atoms with Gasteiger partial charge >= 0.3 is 0 Å². The lowest BCUT2D eigenvalue weighted by Gasteiger charge is -2.16. The zero-order valence-corrected chi connectivity index (χ0v) is 19.3. The van der Waals surface area contributed by atoms with Crippen molar-refractivity contribution < 1.29 is 4.74 Å². The Morgan fingerprint density at radius 2 is 2.11 bits per heavy atom. The van der Waals surface area contributed by atoms with Crippen molar-refractivity contribution in [3.8, 4) is 17.3 Å². The Morgan fingerprint density at radius 3 is 2.79 bits per heavy atom. The first-order valence-electron chi connectivity index (χ1n) is 8.79. The van der Waals surface area contributed by atoms with Crippen LogP contribution < -0.4 is 5.73 Å². The first kappa shape index (κ1) is 20.8.